The average Bonchev–Trinajstić information content (AvgIpc) is 2.74. The molecule has 1 aromatic heterocycles. The molecule has 1 rings (SSSR count). The number of carbonyl (C=O) groups is 2. The molecule has 0 aromatic carbocycles. The Morgan fingerprint density at radius 3 is 2.65 bits per heavy atom. The van der Waals surface area contributed by atoms with Crippen molar-refractivity contribution < 1.29 is 9.59 Å². The summed E-state index contributed by atoms with van der Waals surface area (Å²) in [5.41, 5.74) is 0.938. The molecule has 0 fully saturated rings. The van der Waals surface area contributed by atoms with Crippen molar-refractivity contribution in [3.05, 3.63) is 11.8 Å². The number of carbonyl (C=O) groups excluding carboxylic acids is 2. The Balaban J connectivity index is 2.57. The van der Waals surface area contributed by atoms with Gasteiger partial charge in [0.2, 0.25) is 11.8 Å². The zero-order valence-electron chi connectivity index (χ0n) is 12.8. The maximum Gasteiger partial charge on any atom is 0.226 e. The number of rotatable bonds is 7. The number of aryl methyl sites for hydroxylation is 2. The number of hydrogen-bond acceptors (Lipinski definition) is 3. The van der Waals surface area contributed by atoms with E-state index >= 15 is 0 Å². The van der Waals surface area contributed by atoms with Crippen molar-refractivity contribution in [3.8, 4) is 0 Å². The Morgan fingerprint density at radius 2 is 2.05 bits per heavy atom. The standard InChI is InChI=1S/C14H24N4O2/c1-5-6-9-18-14(11(2)10-15-18)16-12(19)7-8-13(20)17(3)4/h10H,5-9H2,1-4H3,(H,16,19). The van der Waals surface area contributed by atoms with Gasteiger partial charge < -0.3 is 10.2 Å². The van der Waals surface area contributed by atoms with Gasteiger partial charge in [0, 0.05) is 39.0 Å². The Bertz CT molecular complexity index is 466. The molecule has 1 heterocycles. The fraction of sp³-hybridized carbons (Fsp3) is 0.643. The molecule has 0 spiro atoms. The highest BCUT2D eigenvalue weighted by molar-refractivity contribution is 5.93. The zero-order valence-corrected chi connectivity index (χ0v) is 12.8. The predicted molar refractivity (Wildman–Crippen MR) is 78.4 cm³/mol. The molecule has 6 heteroatoms. The third-order valence-electron chi connectivity index (χ3n) is 3.07. The Kier molecular flexibility index (Phi) is 6.21. The van der Waals surface area contributed by atoms with Gasteiger partial charge in [-0.05, 0) is 13.3 Å². The molecule has 0 atom stereocenters. The fourth-order valence-electron chi connectivity index (χ4n) is 1.76. The van der Waals surface area contributed by atoms with E-state index in [0.717, 1.165) is 30.8 Å². The summed E-state index contributed by atoms with van der Waals surface area (Å²) >= 11 is 0. The number of anilines is 1. The molecule has 2 amide bonds. The van der Waals surface area contributed by atoms with Crippen molar-refractivity contribution in [1.29, 1.82) is 0 Å². The minimum atomic E-state index is -0.151. The van der Waals surface area contributed by atoms with Gasteiger partial charge in [-0.3, -0.25) is 9.59 Å². The van der Waals surface area contributed by atoms with Crippen LogP contribution in [0.5, 0.6) is 0 Å². The smallest absolute Gasteiger partial charge is 0.226 e. The van der Waals surface area contributed by atoms with Crippen LogP contribution in [0.15, 0.2) is 6.20 Å². The SMILES string of the molecule is CCCCn1ncc(C)c1NC(=O)CCC(=O)N(C)C. The number of nitrogens with zero attached hydrogens (tertiary/aromatic N) is 3. The third kappa shape index (κ3) is 4.68. The highest BCUT2D eigenvalue weighted by Gasteiger charge is 2.13. The summed E-state index contributed by atoms with van der Waals surface area (Å²) in [5, 5.41) is 7.11. The minimum Gasteiger partial charge on any atom is -0.349 e. The topological polar surface area (TPSA) is 67.2 Å². The summed E-state index contributed by atoms with van der Waals surface area (Å²) in [6, 6.07) is 0. The van der Waals surface area contributed by atoms with E-state index < -0.39 is 0 Å². The fourth-order valence-corrected chi connectivity index (χ4v) is 1.76. The molecule has 1 aromatic rings. The van der Waals surface area contributed by atoms with Crippen LogP contribution in [0.2, 0.25) is 0 Å². The number of hydrogen-bond donors (Lipinski definition) is 1. The molecule has 1 N–H and O–H groups in total. The van der Waals surface area contributed by atoms with Gasteiger partial charge in [0.25, 0.3) is 0 Å². The largest absolute Gasteiger partial charge is 0.349 e. The summed E-state index contributed by atoms with van der Waals surface area (Å²) in [7, 11) is 3.37. The van der Waals surface area contributed by atoms with Crippen molar-refractivity contribution in [2.75, 3.05) is 19.4 Å². The van der Waals surface area contributed by atoms with E-state index in [4.69, 9.17) is 0 Å². The van der Waals surface area contributed by atoms with Gasteiger partial charge in [-0.25, -0.2) is 4.68 Å². The maximum absolute atomic E-state index is 11.9. The van der Waals surface area contributed by atoms with Gasteiger partial charge in [0.05, 0.1) is 6.20 Å². The van der Waals surface area contributed by atoms with Crippen LogP contribution in [-0.2, 0) is 16.1 Å². The van der Waals surface area contributed by atoms with Crippen molar-refractivity contribution in [1.82, 2.24) is 14.7 Å². The molecule has 0 aliphatic rings. The van der Waals surface area contributed by atoms with Crippen LogP contribution >= 0.6 is 0 Å². The highest BCUT2D eigenvalue weighted by atomic mass is 16.2. The lowest BCUT2D eigenvalue weighted by Gasteiger charge is -2.11. The van der Waals surface area contributed by atoms with Crippen molar-refractivity contribution in [2.45, 2.75) is 46.1 Å². The van der Waals surface area contributed by atoms with E-state index in [1.807, 2.05) is 11.6 Å². The quantitative estimate of drug-likeness (QED) is 0.828. The van der Waals surface area contributed by atoms with E-state index in [1.165, 1.54) is 4.90 Å². The average molecular weight is 280 g/mol. The van der Waals surface area contributed by atoms with E-state index in [-0.39, 0.29) is 24.7 Å². The van der Waals surface area contributed by atoms with Crippen molar-refractivity contribution in [3.63, 3.8) is 0 Å². The van der Waals surface area contributed by atoms with Crippen molar-refractivity contribution in [2.24, 2.45) is 0 Å². The van der Waals surface area contributed by atoms with Crippen LogP contribution in [0.1, 0.15) is 38.2 Å². The predicted octanol–water partition coefficient (Wildman–Crippen LogP) is 1.80. The van der Waals surface area contributed by atoms with Gasteiger partial charge in [-0.15, -0.1) is 0 Å². The van der Waals surface area contributed by atoms with Crippen LogP contribution in [0, 0.1) is 6.92 Å². The second-order valence-electron chi connectivity index (χ2n) is 5.09. The second-order valence-corrected chi connectivity index (χ2v) is 5.09. The molecule has 0 aliphatic carbocycles. The normalized spacial score (nSPS) is 10.4. The Hall–Kier alpha value is -1.85. The number of unbranched alkanes of at least 4 members (excludes halogenated alkanes) is 1. The summed E-state index contributed by atoms with van der Waals surface area (Å²) in [6.45, 7) is 4.81. The monoisotopic (exact) mass is 280 g/mol. The molecule has 0 saturated heterocycles. The summed E-state index contributed by atoms with van der Waals surface area (Å²) < 4.78 is 1.81. The number of nitrogens with one attached hydrogen (secondary N) is 1. The Labute approximate surface area is 120 Å². The van der Waals surface area contributed by atoms with E-state index in [2.05, 4.69) is 17.3 Å². The molecule has 6 nitrogen and oxygen atoms in total. The lowest BCUT2D eigenvalue weighted by molar-refractivity contribution is -0.130. The van der Waals surface area contributed by atoms with Crippen molar-refractivity contribution >= 4 is 17.6 Å². The summed E-state index contributed by atoms with van der Waals surface area (Å²) in [6.07, 6.45) is 4.25. The first-order valence-corrected chi connectivity index (χ1v) is 6.98. The highest BCUT2D eigenvalue weighted by Crippen LogP contribution is 2.15. The molecule has 112 valence electrons. The van der Waals surface area contributed by atoms with Gasteiger partial charge in [0.15, 0.2) is 0 Å². The third-order valence-corrected chi connectivity index (χ3v) is 3.07. The van der Waals surface area contributed by atoms with Crippen LogP contribution in [-0.4, -0.2) is 40.6 Å². The first-order valence-electron chi connectivity index (χ1n) is 6.98. The number of amides is 2. The molecular weight excluding hydrogens is 256 g/mol. The second kappa shape index (κ2) is 7.67. The summed E-state index contributed by atoms with van der Waals surface area (Å²) in [4.78, 5) is 24.8. The molecule has 20 heavy (non-hydrogen) atoms. The van der Waals surface area contributed by atoms with Crippen LogP contribution in [0.25, 0.3) is 0 Å². The van der Waals surface area contributed by atoms with Gasteiger partial charge in [-0.1, -0.05) is 13.3 Å². The van der Waals surface area contributed by atoms with Gasteiger partial charge in [-0.2, -0.15) is 5.10 Å². The van der Waals surface area contributed by atoms with Crippen LogP contribution in [0.4, 0.5) is 5.82 Å². The van der Waals surface area contributed by atoms with E-state index in [1.54, 1.807) is 20.3 Å². The Morgan fingerprint density at radius 1 is 1.35 bits per heavy atom. The molecule has 0 unspecified atom stereocenters. The zero-order chi connectivity index (χ0) is 15.1. The van der Waals surface area contributed by atoms with Crippen LogP contribution in [0.3, 0.4) is 0 Å². The maximum atomic E-state index is 11.9. The molecule has 0 radical (unpaired) electrons. The molecule has 0 bridgehead atoms. The number of aromatic nitrogens is 2. The lowest BCUT2D eigenvalue weighted by atomic mass is 10.2. The van der Waals surface area contributed by atoms with Gasteiger partial charge >= 0.3 is 0 Å². The first-order chi connectivity index (χ1) is 9.45. The molecule has 0 aliphatic heterocycles. The first kappa shape index (κ1) is 16.2. The van der Waals surface area contributed by atoms with Gasteiger partial charge in [0.1, 0.15) is 5.82 Å². The van der Waals surface area contributed by atoms with Crippen LogP contribution < -0.4 is 5.32 Å². The molecular formula is C14H24N4O2. The lowest BCUT2D eigenvalue weighted by Crippen LogP contribution is -2.24. The summed E-state index contributed by atoms with van der Waals surface area (Å²) in [5.74, 6) is 0.540. The van der Waals surface area contributed by atoms with E-state index in [0.29, 0.717) is 0 Å². The molecule has 0 saturated carbocycles. The van der Waals surface area contributed by atoms with E-state index in [9.17, 15) is 9.59 Å². The minimum absolute atomic E-state index is 0.0450.